The highest BCUT2D eigenvalue weighted by Gasteiger charge is 2.33. The standard InChI is InChI=1S/C24H29NO2/c1-16-15-22(17(16)2)23(26)25(6)19-9-13-21(14-10-19)27-20-11-7-18(8-12-20)24(3,4)5/h7-15,17,22H,1-6H3. The molecule has 1 aliphatic carbocycles. The lowest BCUT2D eigenvalue weighted by Gasteiger charge is -2.33. The van der Waals surface area contributed by atoms with Crippen molar-refractivity contribution >= 4 is 11.6 Å². The Morgan fingerprint density at radius 3 is 1.93 bits per heavy atom. The summed E-state index contributed by atoms with van der Waals surface area (Å²) in [6.07, 6.45) is 2.06. The molecule has 0 saturated carbocycles. The second-order valence-electron chi connectivity index (χ2n) is 8.49. The van der Waals surface area contributed by atoms with Crippen molar-refractivity contribution in [3.63, 3.8) is 0 Å². The number of amides is 1. The topological polar surface area (TPSA) is 29.5 Å². The van der Waals surface area contributed by atoms with Gasteiger partial charge < -0.3 is 9.64 Å². The number of hydrogen-bond donors (Lipinski definition) is 0. The molecule has 3 nitrogen and oxygen atoms in total. The molecule has 3 heteroatoms. The molecule has 0 saturated heterocycles. The van der Waals surface area contributed by atoms with E-state index in [-0.39, 0.29) is 17.2 Å². The molecule has 2 aromatic carbocycles. The fraction of sp³-hybridized carbons (Fsp3) is 0.375. The Labute approximate surface area is 162 Å². The van der Waals surface area contributed by atoms with E-state index in [9.17, 15) is 4.79 Å². The van der Waals surface area contributed by atoms with Gasteiger partial charge in [0.2, 0.25) is 5.91 Å². The number of ether oxygens (including phenoxy) is 1. The normalized spacial score (nSPS) is 19.1. The maximum atomic E-state index is 12.6. The lowest BCUT2D eigenvalue weighted by atomic mass is 9.76. The molecule has 0 bridgehead atoms. The molecule has 0 aliphatic heterocycles. The van der Waals surface area contributed by atoms with Gasteiger partial charge >= 0.3 is 0 Å². The summed E-state index contributed by atoms with van der Waals surface area (Å²) in [5, 5.41) is 0. The maximum Gasteiger partial charge on any atom is 0.234 e. The van der Waals surface area contributed by atoms with Crippen LogP contribution in [0.2, 0.25) is 0 Å². The largest absolute Gasteiger partial charge is 0.457 e. The van der Waals surface area contributed by atoms with Gasteiger partial charge in [0, 0.05) is 12.7 Å². The van der Waals surface area contributed by atoms with Gasteiger partial charge in [-0.25, -0.2) is 0 Å². The number of carbonyl (C=O) groups is 1. The number of hydrogen-bond acceptors (Lipinski definition) is 2. The molecule has 0 aromatic heterocycles. The molecule has 0 N–H and O–H groups in total. The molecule has 3 rings (SSSR count). The molecule has 0 fully saturated rings. The Morgan fingerprint density at radius 2 is 1.48 bits per heavy atom. The SMILES string of the molecule is CC1=CC(C(=O)N(C)c2ccc(Oc3ccc(C(C)(C)C)cc3)cc2)C1C. The fourth-order valence-electron chi connectivity index (χ4n) is 3.28. The van der Waals surface area contributed by atoms with Crippen LogP contribution in [0.4, 0.5) is 5.69 Å². The van der Waals surface area contributed by atoms with Crippen molar-refractivity contribution in [3.05, 3.63) is 65.7 Å². The Kier molecular flexibility index (Phi) is 5.14. The number of rotatable bonds is 4. The highest BCUT2D eigenvalue weighted by Crippen LogP contribution is 2.35. The van der Waals surface area contributed by atoms with Gasteiger partial charge in [-0.05, 0) is 60.2 Å². The summed E-state index contributed by atoms with van der Waals surface area (Å²) in [6, 6.07) is 15.9. The van der Waals surface area contributed by atoms with Gasteiger partial charge in [0.05, 0.1) is 5.92 Å². The molecular formula is C24H29NO2. The first-order chi connectivity index (χ1) is 12.7. The van der Waals surface area contributed by atoms with Crippen LogP contribution in [-0.4, -0.2) is 13.0 Å². The average molecular weight is 364 g/mol. The van der Waals surface area contributed by atoms with Crippen LogP contribution in [0.5, 0.6) is 11.5 Å². The van der Waals surface area contributed by atoms with E-state index in [1.165, 1.54) is 11.1 Å². The third-order valence-corrected chi connectivity index (χ3v) is 5.50. The van der Waals surface area contributed by atoms with Gasteiger partial charge in [0.1, 0.15) is 11.5 Å². The zero-order valence-electron chi connectivity index (χ0n) is 17.1. The van der Waals surface area contributed by atoms with E-state index < -0.39 is 0 Å². The van der Waals surface area contributed by atoms with Crippen LogP contribution in [-0.2, 0) is 10.2 Å². The Hall–Kier alpha value is -2.55. The summed E-state index contributed by atoms with van der Waals surface area (Å²) in [5.74, 6) is 2.03. The van der Waals surface area contributed by atoms with Crippen molar-refractivity contribution in [2.45, 2.75) is 40.0 Å². The molecule has 1 aliphatic rings. The summed E-state index contributed by atoms with van der Waals surface area (Å²) >= 11 is 0. The molecule has 2 unspecified atom stereocenters. The molecule has 142 valence electrons. The van der Waals surface area contributed by atoms with Gasteiger partial charge in [-0.15, -0.1) is 0 Å². The van der Waals surface area contributed by atoms with Crippen molar-refractivity contribution in [2.24, 2.45) is 11.8 Å². The summed E-state index contributed by atoms with van der Waals surface area (Å²) in [5.41, 5.74) is 3.58. The molecule has 1 amide bonds. The van der Waals surface area contributed by atoms with Crippen molar-refractivity contribution in [3.8, 4) is 11.5 Å². The zero-order chi connectivity index (χ0) is 19.8. The third kappa shape index (κ3) is 4.08. The van der Waals surface area contributed by atoms with E-state index in [2.05, 4.69) is 52.8 Å². The van der Waals surface area contributed by atoms with Gasteiger partial charge in [-0.3, -0.25) is 4.79 Å². The van der Waals surface area contributed by atoms with E-state index in [4.69, 9.17) is 4.74 Å². The first-order valence-electron chi connectivity index (χ1n) is 9.51. The van der Waals surface area contributed by atoms with E-state index >= 15 is 0 Å². The van der Waals surface area contributed by atoms with E-state index in [0.717, 1.165) is 17.2 Å². The summed E-state index contributed by atoms with van der Waals surface area (Å²) in [7, 11) is 1.83. The minimum Gasteiger partial charge on any atom is -0.457 e. The molecular weight excluding hydrogens is 334 g/mol. The van der Waals surface area contributed by atoms with Crippen LogP contribution < -0.4 is 9.64 Å². The van der Waals surface area contributed by atoms with Gasteiger partial charge in [0.15, 0.2) is 0 Å². The molecule has 0 heterocycles. The zero-order valence-corrected chi connectivity index (χ0v) is 17.1. The number of carbonyl (C=O) groups excluding carboxylic acids is 1. The van der Waals surface area contributed by atoms with Crippen molar-refractivity contribution in [2.75, 3.05) is 11.9 Å². The second kappa shape index (κ2) is 7.22. The summed E-state index contributed by atoms with van der Waals surface area (Å²) < 4.78 is 5.94. The number of anilines is 1. The fourth-order valence-corrected chi connectivity index (χ4v) is 3.28. The first kappa shape index (κ1) is 19.2. The first-order valence-corrected chi connectivity index (χ1v) is 9.51. The van der Waals surface area contributed by atoms with Gasteiger partial charge in [-0.1, -0.05) is 51.5 Å². The van der Waals surface area contributed by atoms with Gasteiger partial charge in [0.25, 0.3) is 0 Å². The lowest BCUT2D eigenvalue weighted by molar-refractivity contribution is -0.122. The van der Waals surface area contributed by atoms with E-state index in [1.807, 2.05) is 43.4 Å². The molecule has 27 heavy (non-hydrogen) atoms. The summed E-state index contributed by atoms with van der Waals surface area (Å²) in [4.78, 5) is 14.3. The number of nitrogens with zero attached hydrogens (tertiary/aromatic N) is 1. The molecule has 0 spiro atoms. The number of allylic oxidation sites excluding steroid dienone is 1. The number of benzene rings is 2. The minimum atomic E-state index is -0.00717. The van der Waals surface area contributed by atoms with E-state index in [1.54, 1.807) is 4.90 Å². The van der Waals surface area contributed by atoms with Crippen LogP contribution in [0.25, 0.3) is 0 Å². The highest BCUT2D eigenvalue weighted by molar-refractivity contribution is 5.97. The van der Waals surface area contributed by atoms with Crippen LogP contribution in [0.1, 0.15) is 40.2 Å². The molecule has 2 aromatic rings. The molecule has 0 radical (unpaired) electrons. The van der Waals surface area contributed by atoms with Crippen molar-refractivity contribution < 1.29 is 9.53 Å². The van der Waals surface area contributed by atoms with E-state index in [0.29, 0.717) is 5.92 Å². The second-order valence-corrected chi connectivity index (χ2v) is 8.49. The maximum absolute atomic E-state index is 12.6. The average Bonchev–Trinajstić information content (AvgIpc) is 2.65. The van der Waals surface area contributed by atoms with Crippen LogP contribution in [0.3, 0.4) is 0 Å². The predicted octanol–water partition coefficient (Wildman–Crippen LogP) is 5.95. The summed E-state index contributed by atoms with van der Waals surface area (Å²) in [6.45, 7) is 10.8. The lowest BCUT2D eigenvalue weighted by Crippen LogP contribution is -2.39. The quantitative estimate of drug-likeness (QED) is 0.628. The molecule has 2 atom stereocenters. The Bertz CT molecular complexity index is 841. The van der Waals surface area contributed by atoms with Gasteiger partial charge in [-0.2, -0.15) is 0 Å². The monoisotopic (exact) mass is 363 g/mol. The smallest absolute Gasteiger partial charge is 0.234 e. The van der Waals surface area contributed by atoms with Crippen molar-refractivity contribution in [1.82, 2.24) is 0 Å². The van der Waals surface area contributed by atoms with Crippen LogP contribution >= 0.6 is 0 Å². The Morgan fingerprint density at radius 1 is 0.963 bits per heavy atom. The highest BCUT2D eigenvalue weighted by atomic mass is 16.5. The minimum absolute atomic E-state index is 0.00717. The van der Waals surface area contributed by atoms with Crippen LogP contribution in [0.15, 0.2) is 60.2 Å². The Balaban J connectivity index is 1.66. The van der Waals surface area contributed by atoms with Crippen molar-refractivity contribution in [1.29, 1.82) is 0 Å². The van der Waals surface area contributed by atoms with Crippen LogP contribution in [0, 0.1) is 11.8 Å². The predicted molar refractivity (Wildman–Crippen MR) is 111 cm³/mol. The third-order valence-electron chi connectivity index (χ3n) is 5.50.